The quantitative estimate of drug-likeness (QED) is 0.776. The minimum atomic E-state index is -4.34. The molecule has 0 N–H and O–H groups in total. The first-order valence-electron chi connectivity index (χ1n) is 9.11. The van der Waals surface area contributed by atoms with Crippen LogP contribution in [0.1, 0.15) is 53.8 Å². The standard InChI is InChI=1S/C21H23F3N2O/c1-14-9-17(10-16-5-3-7-19(11-16)21(22,23)24)12-20(25-14)18-6-4-8-26(13-18)15(2)27/h3,5,7,9,11-12,18H,4,6,8,10,13H2,1-2H3. The summed E-state index contributed by atoms with van der Waals surface area (Å²) in [5.74, 6) is 0.236. The Labute approximate surface area is 157 Å². The Morgan fingerprint density at radius 3 is 2.70 bits per heavy atom. The number of benzene rings is 1. The molecule has 144 valence electrons. The number of halogens is 3. The van der Waals surface area contributed by atoms with Crippen molar-refractivity contribution in [3.05, 3.63) is 64.5 Å². The first kappa shape index (κ1) is 19.4. The minimum absolute atomic E-state index is 0.0662. The molecule has 0 aliphatic carbocycles. The number of carbonyl (C=O) groups is 1. The number of hydrogen-bond donors (Lipinski definition) is 0. The van der Waals surface area contributed by atoms with E-state index in [0.717, 1.165) is 42.4 Å². The number of rotatable bonds is 3. The summed E-state index contributed by atoms with van der Waals surface area (Å²) >= 11 is 0. The minimum Gasteiger partial charge on any atom is -0.342 e. The number of likely N-dealkylation sites (tertiary alicyclic amines) is 1. The molecule has 0 radical (unpaired) electrons. The molecule has 1 aliphatic rings. The number of carbonyl (C=O) groups excluding carboxylic acids is 1. The van der Waals surface area contributed by atoms with Gasteiger partial charge in [-0.05, 0) is 55.5 Å². The summed E-state index contributed by atoms with van der Waals surface area (Å²) < 4.78 is 38.8. The average molecular weight is 376 g/mol. The second-order valence-corrected chi connectivity index (χ2v) is 7.22. The molecule has 1 unspecified atom stereocenters. The van der Waals surface area contributed by atoms with Crippen molar-refractivity contribution < 1.29 is 18.0 Å². The van der Waals surface area contributed by atoms with Crippen LogP contribution in [0.5, 0.6) is 0 Å². The van der Waals surface area contributed by atoms with E-state index in [4.69, 9.17) is 0 Å². The average Bonchev–Trinajstić information content (AvgIpc) is 2.61. The van der Waals surface area contributed by atoms with Gasteiger partial charge in [-0.2, -0.15) is 13.2 Å². The Bertz CT molecular complexity index is 832. The van der Waals surface area contributed by atoms with Crippen LogP contribution in [-0.2, 0) is 17.4 Å². The summed E-state index contributed by atoms with van der Waals surface area (Å²) in [4.78, 5) is 18.1. The number of piperidine rings is 1. The number of aromatic nitrogens is 1. The molecule has 6 heteroatoms. The van der Waals surface area contributed by atoms with Gasteiger partial charge in [-0.25, -0.2) is 0 Å². The molecule has 3 nitrogen and oxygen atoms in total. The molecule has 1 aromatic heterocycles. The lowest BCUT2D eigenvalue weighted by Gasteiger charge is -2.32. The van der Waals surface area contributed by atoms with E-state index in [2.05, 4.69) is 4.98 Å². The normalized spacial score (nSPS) is 17.8. The lowest BCUT2D eigenvalue weighted by molar-refractivity contribution is -0.137. The fraction of sp³-hybridized carbons (Fsp3) is 0.429. The van der Waals surface area contributed by atoms with E-state index in [-0.39, 0.29) is 11.8 Å². The van der Waals surface area contributed by atoms with Gasteiger partial charge in [0.05, 0.1) is 5.56 Å². The molecular formula is C21H23F3N2O. The summed E-state index contributed by atoms with van der Waals surface area (Å²) in [6.45, 7) is 4.89. The molecule has 2 aromatic rings. The highest BCUT2D eigenvalue weighted by molar-refractivity contribution is 5.73. The molecule has 0 bridgehead atoms. The van der Waals surface area contributed by atoms with E-state index < -0.39 is 11.7 Å². The molecule has 2 heterocycles. The van der Waals surface area contributed by atoms with Crippen LogP contribution in [0.4, 0.5) is 13.2 Å². The maximum Gasteiger partial charge on any atom is 0.416 e. The third-order valence-corrected chi connectivity index (χ3v) is 4.98. The second kappa shape index (κ2) is 7.71. The first-order valence-corrected chi connectivity index (χ1v) is 9.11. The molecule has 1 atom stereocenters. The van der Waals surface area contributed by atoms with Crippen molar-refractivity contribution in [2.45, 2.75) is 45.2 Å². The number of aryl methyl sites for hydroxylation is 1. The number of alkyl halides is 3. The van der Waals surface area contributed by atoms with Gasteiger partial charge in [0.2, 0.25) is 5.91 Å². The second-order valence-electron chi connectivity index (χ2n) is 7.22. The Hall–Kier alpha value is -2.37. The van der Waals surface area contributed by atoms with Crippen LogP contribution in [-0.4, -0.2) is 28.9 Å². The monoisotopic (exact) mass is 376 g/mol. The van der Waals surface area contributed by atoms with Crippen molar-refractivity contribution in [2.24, 2.45) is 0 Å². The number of amides is 1. The topological polar surface area (TPSA) is 33.2 Å². The summed E-state index contributed by atoms with van der Waals surface area (Å²) in [5, 5.41) is 0. The van der Waals surface area contributed by atoms with E-state index in [1.807, 2.05) is 24.0 Å². The maximum atomic E-state index is 12.9. The van der Waals surface area contributed by atoms with Gasteiger partial charge in [-0.3, -0.25) is 9.78 Å². The Kier molecular flexibility index (Phi) is 5.53. The summed E-state index contributed by atoms with van der Waals surface area (Å²) in [6, 6.07) is 9.33. The van der Waals surface area contributed by atoms with Crippen LogP contribution < -0.4 is 0 Å². The molecule has 0 saturated carbocycles. The van der Waals surface area contributed by atoms with Gasteiger partial charge in [-0.15, -0.1) is 0 Å². The van der Waals surface area contributed by atoms with Gasteiger partial charge in [0, 0.05) is 37.3 Å². The highest BCUT2D eigenvalue weighted by Crippen LogP contribution is 2.31. The Balaban J connectivity index is 1.83. The summed E-state index contributed by atoms with van der Waals surface area (Å²) in [7, 11) is 0. The fourth-order valence-electron chi connectivity index (χ4n) is 3.68. The zero-order valence-electron chi connectivity index (χ0n) is 15.5. The van der Waals surface area contributed by atoms with Gasteiger partial charge >= 0.3 is 6.18 Å². The number of hydrogen-bond acceptors (Lipinski definition) is 2. The first-order chi connectivity index (χ1) is 12.7. The molecule has 3 rings (SSSR count). The molecule has 1 aromatic carbocycles. The number of pyridine rings is 1. The van der Waals surface area contributed by atoms with Crippen LogP contribution in [0, 0.1) is 6.92 Å². The highest BCUT2D eigenvalue weighted by Gasteiger charge is 2.30. The number of nitrogens with zero attached hydrogens (tertiary/aromatic N) is 2. The van der Waals surface area contributed by atoms with Crippen LogP contribution in [0.3, 0.4) is 0 Å². The van der Waals surface area contributed by atoms with Crippen LogP contribution in [0.15, 0.2) is 36.4 Å². The van der Waals surface area contributed by atoms with Crippen molar-refractivity contribution in [1.29, 1.82) is 0 Å². The largest absolute Gasteiger partial charge is 0.416 e. The van der Waals surface area contributed by atoms with Crippen LogP contribution >= 0.6 is 0 Å². The third-order valence-electron chi connectivity index (χ3n) is 4.98. The molecule has 0 spiro atoms. The van der Waals surface area contributed by atoms with Crippen molar-refractivity contribution in [2.75, 3.05) is 13.1 Å². The molecule has 1 aliphatic heterocycles. The van der Waals surface area contributed by atoms with E-state index in [1.54, 1.807) is 13.0 Å². The van der Waals surface area contributed by atoms with Crippen molar-refractivity contribution in [3.8, 4) is 0 Å². The zero-order chi connectivity index (χ0) is 19.6. The van der Waals surface area contributed by atoms with E-state index >= 15 is 0 Å². The van der Waals surface area contributed by atoms with Gasteiger partial charge < -0.3 is 4.90 Å². The fourth-order valence-corrected chi connectivity index (χ4v) is 3.68. The smallest absolute Gasteiger partial charge is 0.342 e. The molecule has 1 amide bonds. The lowest BCUT2D eigenvalue weighted by Crippen LogP contribution is -2.37. The predicted octanol–water partition coefficient (Wildman–Crippen LogP) is 4.73. The van der Waals surface area contributed by atoms with Gasteiger partial charge in [0.25, 0.3) is 0 Å². The van der Waals surface area contributed by atoms with Crippen molar-refractivity contribution >= 4 is 5.91 Å². The Morgan fingerprint density at radius 2 is 2.00 bits per heavy atom. The van der Waals surface area contributed by atoms with Crippen LogP contribution in [0.2, 0.25) is 0 Å². The Morgan fingerprint density at radius 1 is 1.22 bits per heavy atom. The molecule has 1 saturated heterocycles. The van der Waals surface area contributed by atoms with E-state index in [0.29, 0.717) is 18.5 Å². The third kappa shape index (κ3) is 4.87. The molecule has 27 heavy (non-hydrogen) atoms. The summed E-state index contributed by atoms with van der Waals surface area (Å²) in [5.41, 5.74) is 2.69. The van der Waals surface area contributed by atoms with Gasteiger partial charge in [0.15, 0.2) is 0 Å². The lowest BCUT2D eigenvalue weighted by atomic mass is 9.92. The SMILES string of the molecule is CC(=O)N1CCCC(c2cc(Cc3cccc(C(F)(F)F)c3)cc(C)n2)C1. The highest BCUT2D eigenvalue weighted by atomic mass is 19.4. The van der Waals surface area contributed by atoms with E-state index in [1.165, 1.54) is 12.1 Å². The van der Waals surface area contributed by atoms with Gasteiger partial charge in [-0.1, -0.05) is 18.2 Å². The zero-order valence-corrected chi connectivity index (χ0v) is 15.5. The van der Waals surface area contributed by atoms with Gasteiger partial charge in [0.1, 0.15) is 0 Å². The predicted molar refractivity (Wildman–Crippen MR) is 97.5 cm³/mol. The molecule has 1 fully saturated rings. The van der Waals surface area contributed by atoms with E-state index in [9.17, 15) is 18.0 Å². The maximum absolute atomic E-state index is 12.9. The summed E-state index contributed by atoms with van der Waals surface area (Å²) in [6.07, 6.45) is -2.02. The van der Waals surface area contributed by atoms with Crippen LogP contribution in [0.25, 0.3) is 0 Å². The molecular weight excluding hydrogens is 353 g/mol. The van der Waals surface area contributed by atoms with Crippen molar-refractivity contribution in [1.82, 2.24) is 9.88 Å². The van der Waals surface area contributed by atoms with Crippen molar-refractivity contribution in [3.63, 3.8) is 0 Å².